The topological polar surface area (TPSA) is 74.3 Å². The van der Waals surface area contributed by atoms with E-state index in [-0.39, 0.29) is 16.7 Å². The molecule has 5 nitrogen and oxygen atoms in total. The molecule has 0 radical (unpaired) electrons. The van der Waals surface area contributed by atoms with Gasteiger partial charge >= 0.3 is 0 Å². The first-order chi connectivity index (χ1) is 11.1. The molecule has 1 amide bonds. The van der Waals surface area contributed by atoms with Crippen LogP contribution >= 0.6 is 0 Å². The Morgan fingerprint density at radius 3 is 2.70 bits per heavy atom. The molecule has 0 saturated heterocycles. The molecule has 3 rings (SSSR count). The van der Waals surface area contributed by atoms with Crippen molar-refractivity contribution in [1.82, 2.24) is 10.4 Å². The fourth-order valence-corrected chi connectivity index (χ4v) is 2.13. The SMILES string of the molecule is O=C(N/N=C/c1cc2ccccc2[nH]c1=O)c1ccccc1F. The summed E-state index contributed by atoms with van der Waals surface area (Å²) in [5.74, 6) is -1.32. The van der Waals surface area contributed by atoms with E-state index in [2.05, 4.69) is 15.5 Å². The zero-order chi connectivity index (χ0) is 16.2. The lowest BCUT2D eigenvalue weighted by Gasteiger charge is -2.01. The molecule has 114 valence electrons. The van der Waals surface area contributed by atoms with E-state index in [0.29, 0.717) is 5.52 Å². The van der Waals surface area contributed by atoms with Crippen LogP contribution in [0.4, 0.5) is 4.39 Å². The van der Waals surface area contributed by atoms with Crippen molar-refractivity contribution in [3.63, 3.8) is 0 Å². The van der Waals surface area contributed by atoms with Crippen LogP contribution in [0.3, 0.4) is 0 Å². The number of rotatable bonds is 3. The van der Waals surface area contributed by atoms with Crippen LogP contribution in [0.2, 0.25) is 0 Å². The molecule has 0 unspecified atom stereocenters. The molecule has 23 heavy (non-hydrogen) atoms. The van der Waals surface area contributed by atoms with Crippen molar-refractivity contribution in [3.8, 4) is 0 Å². The average Bonchev–Trinajstić information content (AvgIpc) is 2.55. The van der Waals surface area contributed by atoms with Crippen LogP contribution in [0.5, 0.6) is 0 Å². The number of hydrazone groups is 1. The first-order valence-electron chi connectivity index (χ1n) is 6.85. The van der Waals surface area contributed by atoms with Crippen molar-refractivity contribution >= 4 is 23.0 Å². The second-order valence-electron chi connectivity index (χ2n) is 4.82. The Labute approximate surface area is 130 Å². The number of aromatic nitrogens is 1. The average molecular weight is 309 g/mol. The van der Waals surface area contributed by atoms with Crippen molar-refractivity contribution < 1.29 is 9.18 Å². The van der Waals surface area contributed by atoms with E-state index < -0.39 is 11.7 Å². The fourth-order valence-electron chi connectivity index (χ4n) is 2.13. The maximum Gasteiger partial charge on any atom is 0.274 e. The molecule has 0 aliphatic rings. The van der Waals surface area contributed by atoms with Gasteiger partial charge in [0.1, 0.15) is 5.82 Å². The number of fused-ring (bicyclic) bond motifs is 1. The summed E-state index contributed by atoms with van der Waals surface area (Å²) in [7, 11) is 0. The lowest BCUT2D eigenvalue weighted by Crippen LogP contribution is -2.20. The van der Waals surface area contributed by atoms with E-state index in [0.717, 1.165) is 5.39 Å². The highest BCUT2D eigenvalue weighted by Gasteiger charge is 2.09. The molecule has 0 bridgehead atoms. The minimum atomic E-state index is -0.684. The Hall–Kier alpha value is -3.28. The smallest absolute Gasteiger partial charge is 0.274 e. The first-order valence-corrected chi connectivity index (χ1v) is 6.85. The number of carbonyl (C=O) groups excluding carboxylic acids is 1. The zero-order valence-electron chi connectivity index (χ0n) is 11.9. The molecule has 1 aromatic heterocycles. The Bertz CT molecular complexity index is 963. The van der Waals surface area contributed by atoms with E-state index in [4.69, 9.17) is 0 Å². The molecule has 2 aromatic carbocycles. The number of H-pyrrole nitrogens is 1. The van der Waals surface area contributed by atoms with Crippen LogP contribution < -0.4 is 11.0 Å². The predicted octanol–water partition coefficient (Wildman–Crippen LogP) is 2.43. The molecule has 0 fully saturated rings. The standard InChI is InChI=1S/C17H12FN3O2/c18-14-7-3-2-6-13(14)17(23)21-19-10-12-9-11-5-1-4-8-15(11)20-16(12)22/h1-10H,(H,20,22)(H,21,23)/b19-10+. The largest absolute Gasteiger partial charge is 0.321 e. The van der Waals surface area contributed by atoms with Crippen LogP contribution in [-0.4, -0.2) is 17.1 Å². The molecule has 0 spiro atoms. The van der Waals surface area contributed by atoms with Crippen LogP contribution in [-0.2, 0) is 0 Å². The molecule has 0 atom stereocenters. The van der Waals surface area contributed by atoms with Crippen molar-refractivity contribution in [1.29, 1.82) is 0 Å². The van der Waals surface area contributed by atoms with Gasteiger partial charge in [0.25, 0.3) is 11.5 Å². The first kappa shape index (κ1) is 14.6. The molecule has 0 saturated carbocycles. The number of halogens is 1. The molecule has 1 heterocycles. The maximum atomic E-state index is 13.5. The zero-order valence-corrected chi connectivity index (χ0v) is 11.9. The summed E-state index contributed by atoms with van der Waals surface area (Å²) in [6.07, 6.45) is 1.23. The second kappa shape index (κ2) is 6.23. The predicted molar refractivity (Wildman–Crippen MR) is 86.0 cm³/mol. The molecular weight excluding hydrogens is 297 g/mol. The van der Waals surface area contributed by atoms with Gasteiger partial charge in [-0.1, -0.05) is 30.3 Å². The van der Waals surface area contributed by atoms with Crippen LogP contribution in [0.15, 0.2) is 64.5 Å². The minimum absolute atomic E-state index is 0.114. The van der Waals surface area contributed by atoms with Crippen molar-refractivity contribution in [2.24, 2.45) is 5.10 Å². The number of benzene rings is 2. The maximum absolute atomic E-state index is 13.5. The third-order valence-electron chi connectivity index (χ3n) is 3.27. The number of nitrogens with one attached hydrogen (secondary N) is 2. The number of pyridine rings is 1. The van der Waals surface area contributed by atoms with Crippen molar-refractivity contribution in [3.05, 3.63) is 81.9 Å². The number of aromatic amines is 1. The molecule has 6 heteroatoms. The lowest BCUT2D eigenvalue weighted by molar-refractivity contribution is 0.0951. The summed E-state index contributed by atoms with van der Waals surface area (Å²) in [6, 6.07) is 14.5. The van der Waals surface area contributed by atoms with Crippen molar-refractivity contribution in [2.45, 2.75) is 0 Å². The number of nitrogens with zero attached hydrogens (tertiary/aromatic N) is 1. The minimum Gasteiger partial charge on any atom is -0.321 e. The highest BCUT2D eigenvalue weighted by Crippen LogP contribution is 2.09. The lowest BCUT2D eigenvalue weighted by atomic mass is 10.2. The highest BCUT2D eigenvalue weighted by atomic mass is 19.1. The second-order valence-corrected chi connectivity index (χ2v) is 4.82. The van der Waals surface area contributed by atoms with Crippen LogP contribution in [0.25, 0.3) is 10.9 Å². The summed E-state index contributed by atoms with van der Waals surface area (Å²) >= 11 is 0. The normalized spacial score (nSPS) is 11.0. The number of hydrogen-bond acceptors (Lipinski definition) is 3. The van der Waals surface area contributed by atoms with E-state index >= 15 is 0 Å². The van der Waals surface area contributed by atoms with Crippen molar-refractivity contribution in [2.75, 3.05) is 0 Å². The van der Waals surface area contributed by atoms with Gasteiger partial charge in [-0.3, -0.25) is 9.59 Å². The van der Waals surface area contributed by atoms with Gasteiger partial charge in [0, 0.05) is 5.52 Å². The monoisotopic (exact) mass is 309 g/mol. The Morgan fingerprint density at radius 2 is 1.87 bits per heavy atom. The fraction of sp³-hybridized carbons (Fsp3) is 0. The van der Waals surface area contributed by atoms with Gasteiger partial charge in [-0.2, -0.15) is 5.10 Å². The van der Waals surface area contributed by atoms with Gasteiger partial charge < -0.3 is 4.98 Å². The molecular formula is C17H12FN3O2. The Kier molecular flexibility index (Phi) is 3.97. The third-order valence-corrected chi connectivity index (χ3v) is 3.27. The summed E-state index contributed by atoms with van der Waals surface area (Å²) in [5.41, 5.74) is 2.76. The van der Waals surface area contributed by atoms with E-state index in [1.807, 2.05) is 18.2 Å². The van der Waals surface area contributed by atoms with Crippen LogP contribution in [0.1, 0.15) is 15.9 Å². The van der Waals surface area contributed by atoms with E-state index in [1.54, 1.807) is 18.2 Å². The summed E-state index contributed by atoms with van der Waals surface area (Å²) < 4.78 is 13.5. The van der Waals surface area contributed by atoms with Gasteiger partial charge in [0.15, 0.2) is 0 Å². The number of hydrogen-bond donors (Lipinski definition) is 2. The molecule has 0 aliphatic heterocycles. The van der Waals surface area contributed by atoms with E-state index in [1.165, 1.54) is 24.4 Å². The van der Waals surface area contributed by atoms with E-state index in [9.17, 15) is 14.0 Å². The Morgan fingerprint density at radius 1 is 1.13 bits per heavy atom. The van der Waals surface area contributed by atoms with Gasteiger partial charge in [0.05, 0.1) is 17.3 Å². The molecule has 2 N–H and O–H groups in total. The summed E-state index contributed by atoms with van der Waals surface area (Å²) in [4.78, 5) is 26.4. The molecule has 0 aliphatic carbocycles. The summed E-state index contributed by atoms with van der Waals surface area (Å²) in [5, 5.41) is 4.56. The van der Waals surface area contributed by atoms with Gasteiger partial charge in [-0.25, -0.2) is 9.82 Å². The number of amides is 1. The highest BCUT2D eigenvalue weighted by molar-refractivity contribution is 5.95. The van der Waals surface area contributed by atoms with Gasteiger partial charge in [0.2, 0.25) is 0 Å². The number of carbonyl (C=O) groups is 1. The summed E-state index contributed by atoms with van der Waals surface area (Å²) in [6.45, 7) is 0. The molecule has 3 aromatic rings. The Balaban J connectivity index is 1.81. The quantitative estimate of drug-likeness (QED) is 0.576. The van der Waals surface area contributed by atoms with Gasteiger partial charge in [-0.05, 0) is 29.7 Å². The van der Waals surface area contributed by atoms with Gasteiger partial charge in [-0.15, -0.1) is 0 Å². The van der Waals surface area contributed by atoms with Crippen LogP contribution in [0, 0.1) is 5.82 Å². The third kappa shape index (κ3) is 3.16. The number of para-hydroxylation sites is 1.